The smallest absolute Gasteiger partial charge is 0.358 e. The van der Waals surface area contributed by atoms with Gasteiger partial charge in [0.25, 0.3) is 0 Å². The molecule has 1 aliphatic heterocycles. The van der Waals surface area contributed by atoms with Crippen LogP contribution in [0.3, 0.4) is 0 Å². The van der Waals surface area contributed by atoms with Gasteiger partial charge in [-0.2, -0.15) is 0 Å². The summed E-state index contributed by atoms with van der Waals surface area (Å²) in [5.41, 5.74) is 0.157. The number of piperidine rings is 1. The van der Waals surface area contributed by atoms with E-state index >= 15 is 0 Å². The van der Waals surface area contributed by atoms with Crippen LogP contribution in [0, 0.1) is 0 Å². The minimum Gasteiger partial charge on any atom is -0.464 e. The average molecular weight is 278 g/mol. The molecule has 1 aromatic heterocycles. The lowest BCUT2D eigenvalue weighted by molar-refractivity contribution is -0.122. The number of hydrogen-bond acceptors (Lipinski definition) is 6. The molecule has 1 fully saturated rings. The van der Waals surface area contributed by atoms with E-state index < -0.39 is 5.97 Å². The molecule has 0 spiro atoms. The van der Waals surface area contributed by atoms with Gasteiger partial charge in [0, 0.05) is 13.6 Å². The zero-order chi connectivity index (χ0) is 14.5. The number of methoxy groups -OCH3 is 1. The van der Waals surface area contributed by atoms with Crippen molar-refractivity contribution < 1.29 is 14.3 Å². The Morgan fingerprint density at radius 1 is 1.35 bits per heavy atom. The molecule has 0 saturated carbocycles. The molecule has 0 aliphatic carbocycles. The fourth-order valence-electron chi connectivity index (χ4n) is 2.32. The van der Waals surface area contributed by atoms with Crippen LogP contribution in [-0.2, 0) is 9.53 Å². The largest absolute Gasteiger partial charge is 0.464 e. The first-order chi connectivity index (χ1) is 9.67. The van der Waals surface area contributed by atoms with Gasteiger partial charge in [-0.3, -0.25) is 4.79 Å². The van der Waals surface area contributed by atoms with E-state index in [0.29, 0.717) is 5.82 Å². The topological polar surface area (TPSA) is 84.4 Å². The van der Waals surface area contributed by atoms with Crippen molar-refractivity contribution in [2.24, 2.45) is 0 Å². The molecule has 1 amide bonds. The van der Waals surface area contributed by atoms with Gasteiger partial charge in [0.1, 0.15) is 11.9 Å². The molecule has 108 valence electrons. The third kappa shape index (κ3) is 2.87. The molecule has 1 aliphatic rings. The molecule has 1 unspecified atom stereocenters. The first-order valence-electron chi connectivity index (χ1n) is 6.56. The number of ether oxygens (including phenoxy) is 1. The highest BCUT2D eigenvalue weighted by molar-refractivity contribution is 5.87. The van der Waals surface area contributed by atoms with E-state index in [0.717, 1.165) is 25.8 Å². The monoisotopic (exact) mass is 278 g/mol. The summed E-state index contributed by atoms with van der Waals surface area (Å²) in [4.78, 5) is 33.4. The fourth-order valence-corrected chi connectivity index (χ4v) is 2.32. The molecule has 0 bridgehead atoms. The van der Waals surface area contributed by atoms with Crippen LogP contribution in [0.15, 0.2) is 12.4 Å². The number of nitrogens with zero attached hydrogens (tertiary/aromatic N) is 3. The summed E-state index contributed by atoms with van der Waals surface area (Å²) in [6.07, 6.45) is 5.69. The first-order valence-corrected chi connectivity index (χ1v) is 6.56. The van der Waals surface area contributed by atoms with Gasteiger partial charge in [-0.1, -0.05) is 0 Å². The predicted molar refractivity (Wildman–Crippen MR) is 72.4 cm³/mol. The molecular weight excluding hydrogens is 260 g/mol. The Labute approximate surface area is 117 Å². The summed E-state index contributed by atoms with van der Waals surface area (Å²) < 4.78 is 4.58. The first kappa shape index (κ1) is 14.2. The zero-order valence-corrected chi connectivity index (χ0v) is 11.6. The number of esters is 1. The van der Waals surface area contributed by atoms with Gasteiger partial charge in [0.15, 0.2) is 5.69 Å². The summed E-state index contributed by atoms with van der Waals surface area (Å²) in [5, 5.41) is 2.67. The highest BCUT2D eigenvalue weighted by Gasteiger charge is 2.29. The number of carbonyl (C=O) groups excluding carboxylic acids is 2. The number of hydrogen-bond donors (Lipinski definition) is 1. The Bertz CT molecular complexity index is 489. The maximum Gasteiger partial charge on any atom is 0.358 e. The summed E-state index contributed by atoms with van der Waals surface area (Å²) in [6.45, 7) is 0.754. The minimum absolute atomic E-state index is 0.0245. The van der Waals surface area contributed by atoms with E-state index in [1.165, 1.54) is 19.5 Å². The normalized spacial score (nSPS) is 18.5. The molecule has 1 N–H and O–H groups in total. The van der Waals surface area contributed by atoms with Crippen LogP contribution < -0.4 is 10.2 Å². The quantitative estimate of drug-likeness (QED) is 0.804. The number of aromatic nitrogens is 2. The van der Waals surface area contributed by atoms with Crippen LogP contribution in [0.2, 0.25) is 0 Å². The molecule has 20 heavy (non-hydrogen) atoms. The molecular formula is C13H18N4O3. The molecule has 1 saturated heterocycles. The van der Waals surface area contributed by atoms with Crippen molar-refractivity contribution >= 4 is 17.7 Å². The standard InChI is InChI=1S/C13H18N4O3/c1-14-12(18)10-5-3-4-6-17(10)11-8-15-9(7-16-11)13(19)20-2/h7-8,10H,3-6H2,1-2H3,(H,14,18). The average Bonchev–Trinajstić information content (AvgIpc) is 2.53. The summed E-state index contributed by atoms with van der Waals surface area (Å²) in [5.74, 6) is 0.0556. The van der Waals surface area contributed by atoms with Crippen molar-refractivity contribution in [1.29, 1.82) is 0 Å². The Morgan fingerprint density at radius 2 is 2.15 bits per heavy atom. The van der Waals surface area contributed by atoms with Gasteiger partial charge in [0.05, 0.1) is 19.5 Å². The van der Waals surface area contributed by atoms with Crippen LogP contribution in [-0.4, -0.2) is 48.6 Å². The molecule has 2 rings (SSSR count). The van der Waals surface area contributed by atoms with Crippen LogP contribution in [0.5, 0.6) is 0 Å². The summed E-state index contributed by atoms with van der Waals surface area (Å²) in [7, 11) is 2.92. The van der Waals surface area contributed by atoms with E-state index in [9.17, 15) is 9.59 Å². The van der Waals surface area contributed by atoms with E-state index in [1.807, 2.05) is 4.90 Å². The van der Waals surface area contributed by atoms with E-state index in [2.05, 4.69) is 20.0 Å². The number of nitrogens with one attached hydrogen (secondary N) is 1. The second-order valence-corrected chi connectivity index (χ2v) is 4.57. The minimum atomic E-state index is -0.523. The highest BCUT2D eigenvalue weighted by Crippen LogP contribution is 2.22. The van der Waals surface area contributed by atoms with E-state index in [1.54, 1.807) is 7.05 Å². The molecule has 7 heteroatoms. The molecule has 1 aromatic rings. The van der Waals surface area contributed by atoms with Crippen LogP contribution >= 0.6 is 0 Å². The predicted octanol–water partition coefficient (Wildman–Crippen LogP) is 0.368. The molecule has 1 atom stereocenters. The lowest BCUT2D eigenvalue weighted by atomic mass is 10.0. The number of likely N-dealkylation sites (N-methyl/N-ethyl adjacent to an activating group) is 1. The summed E-state index contributed by atoms with van der Waals surface area (Å²) in [6, 6.07) is -0.230. The number of carbonyl (C=O) groups is 2. The lowest BCUT2D eigenvalue weighted by Crippen LogP contribution is -2.49. The van der Waals surface area contributed by atoms with Crippen molar-refractivity contribution in [1.82, 2.24) is 15.3 Å². The van der Waals surface area contributed by atoms with Gasteiger partial charge < -0.3 is 15.0 Å². The second kappa shape index (κ2) is 6.31. The van der Waals surface area contributed by atoms with Crippen molar-refractivity contribution in [3.63, 3.8) is 0 Å². The number of amides is 1. The van der Waals surface area contributed by atoms with Crippen LogP contribution in [0.1, 0.15) is 29.8 Å². The van der Waals surface area contributed by atoms with Crippen LogP contribution in [0.4, 0.5) is 5.82 Å². The molecule has 7 nitrogen and oxygen atoms in total. The molecule has 2 heterocycles. The summed E-state index contributed by atoms with van der Waals surface area (Å²) >= 11 is 0. The zero-order valence-electron chi connectivity index (χ0n) is 11.6. The molecule has 0 aromatic carbocycles. The third-order valence-corrected chi connectivity index (χ3v) is 3.38. The Balaban J connectivity index is 2.20. The third-order valence-electron chi connectivity index (χ3n) is 3.38. The fraction of sp³-hybridized carbons (Fsp3) is 0.538. The Morgan fingerprint density at radius 3 is 2.75 bits per heavy atom. The van der Waals surface area contributed by atoms with Crippen molar-refractivity contribution in [3.05, 3.63) is 18.1 Å². The Hall–Kier alpha value is -2.18. The SMILES string of the molecule is CNC(=O)C1CCCCN1c1cnc(C(=O)OC)cn1. The lowest BCUT2D eigenvalue weighted by Gasteiger charge is -2.35. The van der Waals surface area contributed by atoms with E-state index in [-0.39, 0.29) is 17.6 Å². The van der Waals surface area contributed by atoms with Crippen molar-refractivity contribution in [2.45, 2.75) is 25.3 Å². The van der Waals surface area contributed by atoms with Crippen molar-refractivity contribution in [2.75, 3.05) is 25.6 Å². The van der Waals surface area contributed by atoms with Crippen molar-refractivity contribution in [3.8, 4) is 0 Å². The van der Waals surface area contributed by atoms with Crippen LogP contribution in [0.25, 0.3) is 0 Å². The Kier molecular flexibility index (Phi) is 4.49. The van der Waals surface area contributed by atoms with Gasteiger partial charge >= 0.3 is 5.97 Å². The van der Waals surface area contributed by atoms with Gasteiger partial charge in [-0.15, -0.1) is 0 Å². The number of anilines is 1. The highest BCUT2D eigenvalue weighted by atomic mass is 16.5. The van der Waals surface area contributed by atoms with Gasteiger partial charge in [-0.25, -0.2) is 14.8 Å². The number of rotatable bonds is 3. The molecule has 0 radical (unpaired) electrons. The van der Waals surface area contributed by atoms with Gasteiger partial charge in [0.2, 0.25) is 5.91 Å². The van der Waals surface area contributed by atoms with Gasteiger partial charge in [-0.05, 0) is 19.3 Å². The second-order valence-electron chi connectivity index (χ2n) is 4.57. The van der Waals surface area contributed by atoms with E-state index in [4.69, 9.17) is 0 Å². The maximum absolute atomic E-state index is 11.9. The maximum atomic E-state index is 11.9.